The predicted molar refractivity (Wildman–Crippen MR) is 84.1 cm³/mol. The van der Waals surface area contributed by atoms with Crippen molar-refractivity contribution in [2.75, 3.05) is 0 Å². The molecular weight excluding hydrogens is 351 g/mol. The number of hydrogen-bond acceptors (Lipinski definition) is 5. The molecule has 0 unspecified atom stereocenters. The molecule has 0 atom stereocenters. The molecule has 0 heterocycles. The molecule has 6 nitrogen and oxygen atoms in total. The van der Waals surface area contributed by atoms with Crippen LogP contribution in [-0.4, -0.2) is 24.8 Å². The van der Waals surface area contributed by atoms with Crippen molar-refractivity contribution >= 4 is 39.4 Å². The number of hydrazone groups is 1. The minimum absolute atomic E-state index is 0.0399. The zero-order valence-electron chi connectivity index (χ0n) is 10.9. The van der Waals surface area contributed by atoms with Crippen LogP contribution in [0.2, 0.25) is 10.0 Å². The first-order valence-electron chi connectivity index (χ1n) is 5.83. The van der Waals surface area contributed by atoms with E-state index in [0.717, 1.165) is 6.21 Å². The summed E-state index contributed by atoms with van der Waals surface area (Å²) in [4.78, 5) is 2.03. The maximum Gasteiger partial charge on any atom is 0.276 e. The van der Waals surface area contributed by atoms with Crippen LogP contribution in [0.5, 0.6) is 11.5 Å². The summed E-state index contributed by atoms with van der Waals surface area (Å²) >= 11 is 11.4. The standard InChI is InChI=1S/C13H10Cl2N2O4S/c14-10-6-8(12(18)11(15)13(10)19)7-16-17-22(20,21)9-4-2-1-3-5-9/h1-7,17-19H/b16-7+. The van der Waals surface area contributed by atoms with Crippen molar-refractivity contribution in [1.82, 2.24) is 4.83 Å². The second kappa shape index (κ2) is 6.43. The van der Waals surface area contributed by atoms with Crippen molar-refractivity contribution < 1.29 is 18.6 Å². The number of rotatable bonds is 4. The van der Waals surface area contributed by atoms with E-state index in [4.69, 9.17) is 23.2 Å². The highest BCUT2D eigenvalue weighted by Crippen LogP contribution is 2.40. The lowest BCUT2D eigenvalue weighted by molar-refractivity contribution is 0.450. The van der Waals surface area contributed by atoms with Crippen molar-refractivity contribution in [3.05, 3.63) is 52.0 Å². The van der Waals surface area contributed by atoms with Gasteiger partial charge in [0.25, 0.3) is 10.0 Å². The summed E-state index contributed by atoms with van der Waals surface area (Å²) in [5.41, 5.74) is 0.0450. The predicted octanol–water partition coefficient (Wildman–Crippen LogP) is 2.72. The molecule has 0 aliphatic rings. The quantitative estimate of drug-likeness (QED) is 0.576. The molecule has 0 saturated heterocycles. The number of hydrogen-bond donors (Lipinski definition) is 3. The number of phenols is 2. The normalized spacial score (nSPS) is 11.7. The Bertz CT molecular complexity index is 824. The van der Waals surface area contributed by atoms with E-state index in [2.05, 4.69) is 5.10 Å². The third kappa shape index (κ3) is 3.44. The summed E-state index contributed by atoms with van der Waals surface area (Å²) in [5, 5.41) is 22.3. The van der Waals surface area contributed by atoms with Gasteiger partial charge in [-0.15, -0.1) is 0 Å². The van der Waals surface area contributed by atoms with E-state index in [1.54, 1.807) is 18.2 Å². The second-order valence-corrected chi connectivity index (χ2v) is 6.57. The van der Waals surface area contributed by atoms with Crippen LogP contribution in [0.15, 0.2) is 46.4 Å². The van der Waals surface area contributed by atoms with Gasteiger partial charge in [-0.2, -0.15) is 13.5 Å². The highest BCUT2D eigenvalue weighted by Gasteiger charge is 2.14. The lowest BCUT2D eigenvalue weighted by Gasteiger charge is -2.06. The lowest BCUT2D eigenvalue weighted by atomic mass is 10.2. The van der Waals surface area contributed by atoms with Gasteiger partial charge >= 0.3 is 0 Å². The molecule has 0 aromatic heterocycles. The van der Waals surface area contributed by atoms with Crippen LogP contribution in [0.25, 0.3) is 0 Å². The van der Waals surface area contributed by atoms with Crippen molar-refractivity contribution in [1.29, 1.82) is 0 Å². The molecule has 2 aromatic rings. The van der Waals surface area contributed by atoms with Gasteiger partial charge in [-0.05, 0) is 18.2 Å². The van der Waals surface area contributed by atoms with Crippen molar-refractivity contribution in [2.45, 2.75) is 4.90 Å². The summed E-state index contributed by atoms with van der Waals surface area (Å²) in [6.45, 7) is 0. The molecule has 0 aliphatic heterocycles. The van der Waals surface area contributed by atoms with E-state index >= 15 is 0 Å². The monoisotopic (exact) mass is 360 g/mol. The van der Waals surface area contributed by atoms with Gasteiger partial charge < -0.3 is 10.2 Å². The van der Waals surface area contributed by atoms with Gasteiger partial charge in [0, 0.05) is 5.56 Å². The highest BCUT2D eigenvalue weighted by atomic mass is 35.5. The maximum atomic E-state index is 11.9. The number of halogens is 2. The fourth-order valence-electron chi connectivity index (χ4n) is 1.53. The van der Waals surface area contributed by atoms with Crippen molar-refractivity contribution in [3.63, 3.8) is 0 Å². The Hall–Kier alpha value is -1.96. The molecule has 0 radical (unpaired) electrons. The summed E-state index contributed by atoms with van der Waals surface area (Å²) in [7, 11) is -3.82. The molecule has 0 saturated carbocycles. The van der Waals surface area contributed by atoms with Gasteiger partial charge in [-0.3, -0.25) is 0 Å². The van der Waals surface area contributed by atoms with Crippen LogP contribution >= 0.6 is 23.2 Å². The first kappa shape index (κ1) is 16.4. The average molecular weight is 361 g/mol. The Morgan fingerprint density at radius 2 is 1.73 bits per heavy atom. The van der Waals surface area contributed by atoms with Crippen LogP contribution in [0.4, 0.5) is 0 Å². The molecule has 22 heavy (non-hydrogen) atoms. The van der Waals surface area contributed by atoms with E-state index in [-0.39, 0.29) is 20.5 Å². The van der Waals surface area contributed by atoms with Gasteiger partial charge in [0.15, 0.2) is 5.75 Å². The van der Waals surface area contributed by atoms with Crippen LogP contribution < -0.4 is 4.83 Å². The van der Waals surface area contributed by atoms with E-state index in [1.165, 1.54) is 18.2 Å². The minimum Gasteiger partial charge on any atom is -0.506 e. The fraction of sp³-hybridized carbons (Fsp3) is 0. The Morgan fingerprint density at radius 3 is 2.36 bits per heavy atom. The zero-order valence-corrected chi connectivity index (χ0v) is 13.2. The Balaban J connectivity index is 2.24. The van der Waals surface area contributed by atoms with Crippen molar-refractivity contribution in [3.8, 4) is 11.5 Å². The molecule has 9 heteroatoms. The number of phenolic OH excluding ortho intramolecular Hbond substituents is 2. The van der Waals surface area contributed by atoms with Crippen LogP contribution in [-0.2, 0) is 10.0 Å². The number of benzene rings is 2. The van der Waals surface area contributed by atoms with Gasteiger partial charge in [0.1, 0.15) is 10.8 Å². The third-order valence-electron chi connectivity index (χ3n) is 2.63. The first-order valence-corrected chi connectivity index (χ1v) is 8.06. The summed E-state index contributed by atoms with van der Waals surface area (Å²) in [6, 6.07) is 8.83. The maximum absolute atomic E-state index is 11.9. The molecule has 116 valence electrons. The molecular formula is C13H10Cl2N2O4S. The number of nitrogens with zero attached hydrogens (tertiary/aromatic N) is 1. The summed E-state index contributed by atoms with van der Waals surface area (Å²) in [5.74, 6) is -0.936. The Labute approximate surface area is 136 Å². The molecule has 0 bridgehead atoms. The molecule has 2 aromatic carbocycles. The lowest BCUT2D eigenvalue weighted by Crippen LogP contribution is -2.18. The second-order valence-electron chi connectivity index (χ2n) is 4.12. The van der Waals surface area contributed by atoms with Crippen LogP contribution in [0, 0.1) is 0 Å². The molecule has 0 aliphatic carbocycles. The molecule has 0 spiro atoms. The van der Waals surface area contributed by atoms with Crippen LogP contribution in [0.3, 0.4) is 0 Å². The number of nitrogens with one attached hydrogen (secondary N) is 1. The average Bonchev–Trinajstić information content (AvgIpc) is 2.51. The number of aromatic hydroxyl groups is 2. The first-order chi connectivity index (χ1) is 10.3. The molecule has 0 amide bonds. The smallest absolute Gasteiger partial charge is 0.276 e. The van der Waals surface area contributed by atoms with Crippen molar-refractivity contribution in [2.24, 2.45) is 5.10 Å². The van der Waals surface area contributed by atoms with E-state index < -0.39 is 21.5 Å². The van der Waals surface area contributed by atoms with Crippen LogP contribution in [0.1, 0.15) is 5.56 Å². The molecule has 3 N–H and O–H groups in total. The fourth-order valence-corrected chi connectivity index (χ4v) is 2.82. The third-order valence-corrected chi connectivity index (χ3v) is 4.51. The Morgan fingerprint density at radius 1 is 1.09 bits per heavy atom. The van der Waals surface area contributed by atoms with Gasteiger partial charge in [-0.25, -0.2) is 4.83 Å². The number of sulfonamides is 1. The molecule has 0 fully saturated rings. The highest BCUT2D eigenvalue weighted by molar-refractivity contribution is 7.89. The zero-order chi connectivity index (χ0) is 16.3. The SMILES string of the molecule is O=S(=O)(N/N=C/c1cc(Cl)c(O)c(Cl)c1O)c1ccccc1. The van der Waals surface area contributed by atoms with Gasteiger partial charge in [0.2, 0.25) is 0 Å². The van der Waals surface area contributed by atoms with Gasteiger partial charge in [-0.1, -0.05) is 41.4 Å². The topological polar surface area (TPSA) is 99.0 Å². The van der Waals surface area contributed by atoms with E-state index in [1.807, 2.05) is 4.83 Å². The Kier molecular flexibility index (Phi) is 4.80. The summed E-state index contributed by atoms with van der Waals surface area (Å²) in [6.07, 6.45) is 1.02. The van der Waals surface area contributed by atoms with E-state index in [0.29, 0.717) is 0 Å². The minimum atomic E-state index is -3.82. The molecule has 2 rings (SSSR count). The van der Waals surface area contributed by atoms with Gasteiger partial charge in [0.05, 0.1) is 16.1 Å². The van der Waals surface area contributed by atoms with E-state index in [9.17, 15) is 18.6 Å². The summed E-state index contributed by atoms with van der Waals surface area (Å²) < 4.78 is 23.8. The largest absolute Gasteiger partial charge is 0.506 e.